The molecule has 1 amide bonds. The molecular weight excluding hydrogens is 278 g/mol. The van der Waals surface area contributed by atoms with Crippen LogP contribution in [0.5, 0.6) is 0 Å². The van der Waals surface area contributed by atoms with Gasteiger partial charge < -0.3 is 15.2 Å². The highest BCUT2D eigenvalue weighted by Gasteiger charge is 2.37. The molecular formula is C13H19N3O3S. The third kappa shape index (κ3) is 3.01. The molecule has 0 unspecified atom stereocenters. The molecule has 2 aliphatic heterocycles. The van der Waals surface area contributed by atoms with E-state index in [4.69, 9.17) is 9.84 Å². The average molecular weight is 297 g/mol. The summed E-state index contributed by atoms with van der Waals surface area (Å²) in [5.74, 6) is -0.0936. The number of hydrogen-bond donors (Lipinski definition) is 2. The second-order valence-electron chi connectivity index (χ2n) is 5.36. The third-order valence-electron chi connectivity index (χ3n) is 3.94. The predicted molar refractivity (Wildman–Crippen MR) is 74.8 cm³/mol. The Morgan fingerprint density at radius 3 is 3.25 bits per heavy atom. The largest absolute Gasteiger partial charge is 0.396 e. The number of carbonyl (C=O) groups is 1. The molecule has 2 N–H and O–H groups in total. The number of amides is 1. The molecule has 0 spiro atoms. The van der Waals surface area contributed by atoms with Crippen molar-refractivity contribution < 1.29 is 14.6 Å². The molecule has 110 valence electrons. The lowest BCUT2D eigenvalue weighted by atomic mass is 10.1. The molecule has 0 radical (unpaired) electrons. The van der Waals surface area contributed by atoms with Gasteiger partial charge in [0, 0.05) is 37.2 Å². The lowest BCUT2D eigenvalue weighted by Crippen LogP contribution is -2.46. The normalized spacial score (nSPS) is 30.1. The van der Waals surface area contributed by atoms with E-state index in [0.29, 0.717) is 24.8 Å². The molecule has 20 heavy (non-hydrogen) atoms. The SMILES string of the molecule is O=C(N[C@H]1C[C@H]2CO[C@@H](CCO)CN2C1)c1cscn1. The van der Waals surface area contributed by atoms with Gasteiger partial charge in [0.2, 0.25) is 0 Å². The van der Waals surface area contributed by atoms with E-state index in [9.17, 15) is 4.79 Å². The number of carbonyl (C=O) groups excluding carboxylic acids is 1. The van der Waals surface area contributed by atoms with Crippen LogP contribution in [0.25, 0.3) is 0 Å². The highest BCUT2D eigenvalue weighted by Crippen LogP contribution is 2.24. The lowest BCUT2D eigenvalue weighted by molar-refractivity contribution is -0.0566. The number of aliphatic hydroxyl groups is 1. The number of morpholine rings is 1. The Morgan fingerprint density at radius 1 is 1.60 bits per heavy atom. The molecule has 2 saturated heterocycles. The Hall–Kier alpha value is -1.02. The fraction of sp³-hybridized carbons (Fsp3) is 0.692. The van der Waals surface area contributed by atoms with Gasteiger partial charge in [-0.2, -0.15) is 0 Å². The minimum atomic E-state index is -0.0936. The van der Waals surface area contributed by atoms with Crippen LogP contribution in [0.2, 0.25) is 0 Å². The summed E-state index contributed by atoms with van der Waals surface area (Å²) in [6.07, 6.45) is 1.71. The molecule has 2 fully saturated rings. The fourth-order valence-corrected chi connectivity index (χ4v) is 3.48. The Morgan fingerprint density at radius 2 is 2.50 bits per heavy atom. The smallest absolute Gasteiger partial charge is 0.271 e. The number of ether oxygens (including phenoxy) is 1. The van der Waals surface area contributed by atoms with Gasteiger partial charge in [-0.1, -0.05) is 0 Å². The summed E-state index contributed by atoms with van der Waals surface area (Å²) in [4.78, 5) is 18.4. The molecule has 3 atom stereocenters. The first kappa shape index (κ1) is 13.9. The van der Waals surface area contributed by atoms with Crippen molar-refractivity contribution in [3.8, 4) is 0 Å². The number of hydrogen-bond acceptors (Lipinski definition) is 6. The summed E-state index contributed by atoms with van der Waals surface area (Å²) in [6.45, 7) is 2.54. The lowest BCUT2D eigenvalue weighted by Gasteiger charge is -2.34. The minimum absolute atomic E-state index is 0.0936. The van der Waals surface area contributed by atoms with E-state index >= 15 is 0 Å². The summed E-state index contributed by atoms with van der Waals surface area (Å²) >= 11 is 1.43. The van der Waals surface area contributed by atoms with Gasteiger partial charge in [0.15, 0.2) is 0 Å². The Labute approximate surface area is 121 Å². The van der Waals surface area contributed by atoms with Crippen molar-refractivity contribution in [2.24, 2.45) is 0 Å². The first-order chi connectivity index (χ1) is 9.76. The Bertz CT molecular complexity index is 454. The summed E-state index contributed by atoms with van der Waals surface area (Å²) in [7, 11) is 0. The number of fused-ring (bicyclic) bond motifs is 1. The van der Waals surface area contributed by atoms with E-state index in [-0.39, 0.29) is 24.7 Å². The van der Waals surface area contributed by atoms with Crippen molar-refractivity contribution in [2.75, 3.05) is 26.3 Å². The number of nitrogens with one attached hydrogen (secondary N) is 1. The maximum Gasteiger partial charge on any atom is 0.271 e. The van der Waals surface area contributed by atoms with Crippen molar-refractivity contribution in [2.45, 2.75) is 31.0 Å². The molecule has 3 heterocycles. The standard InChI is InChI=1S/C13H19N3O3S/c17-2-1-11-5-16-4-9(3-10(16)6-19-11)15-13(18)12-7-20-8-14-12/h7-11,17H,1-6H2,(H,15,18)/t9-,10-,11-/m0/s1. The van der Waals surface area contributed by atoms with E-state index in [1.54, 1.807) is 10.9 Å². The monoisotopic (exact) mass is 297 g/mol. The zero-order chi connectivity index (χ0) is 13.9. The molecule has 3 rings (SSSR count). The van der Waals surface area contributed by atoms with E-state index in [2.05, 4.69) is 15.2 Å². The molecule has 6 nitrogen and oxygen atoms in total. The average Bonchev–Trinajstić information content (AvgIpc) is 3.06. The minimum Gasteiger partial charge on any atom is -0.396 e. The van der Waals surface area contributed by atoms with E-state index < -0.39 is 0 Å². The summed E-state index contributed by atoms with van der Waals surface area (Å²) < 4.78 is 5.73. The van der Waals surface area contributed by atoms with Gasteiger partial charge in [0.05, 0.1) is 18.2 Å². The molecule has 2 aliphatic rings. The van der Waals surface area contributed by atoms with E-state index in [0.717, 1.165) is 19.5 Å². The first-order valence-electron chi connectivity index (χ1n) is 6.92. The van der Waals surface area contributed by atoms with Crippen molar-refractivity contribution >= 4 is 17.2 Å². The van der Waals surface area contributed by atoms with Crippen LogP contribution in [0, 0.1) is 0 Å². The molecule has 1 aromatic rings. The van der Waals surface area contributed by atoms with Crippen molar-refractivity contribution in [1.82, 2.24) is 15.2 Å². The van der Waals surface area contributed by atoms with Gasteiger partial charge in [-0.3, -0.25) is 9.69 Å². The molecule has 0 bridgehead atoms. The maximum atomic E-state index is 12.0. The number of nitrogens with zero attached hydrogens (tertiary/aromatic N) is 2. The summed E-state index contributed by atoms with van der Waals surface area (Å²) in [6, 6.07) is 0.538. The third-order valence-corrected chi connectivity index (χ3v) is 4.53. The zero-order valence-electron chi connectivity index (χ0n) is 11.2. The Kier molecular flexibility index (Phi) is 4.30. The molecule has 0 aromatic carbocycles. The fourth-order valence-electron chi connectivity index (χ4n) is 2.95. The van der Waals surface area contributed by atoms with Crippen molar-refractivity contribution in [1.29, 1.82) is 0 Å². The van der Waals surface area contributed by atoms with Crippen LogP contribution in [-0.2, 0) is 4.74 Å². The van der Waals surface area contributed by atoms with Crippen LogP contribution in [0.3, 0.4) is 0 Å². The number of rotatable bonds is 4. The van der Waals surface area contributed by atoms with Crippen LogP contribution >= 0.6 is 11.3 Å². The van der Waals surface area contributed by atoms with Crippen molar-refractivity contribution in [3.63, 3.8) is 0 Å². The van der Waals surface area contributed by atoms with E-state index in [1.807, 2.05) is 0 Å². The Balaban J connectivity index is 1.53. The highest BCUT2D eigenvalue weighted by atomic mass is 32.1. The van der Waals surface area contributed by atoms with Crippen LogP contribution in [-0.4, -0.2) is 65.4 Å². The van der Waals surface area contributed by atoms with Gasteiger partial charge in [-0.05, 0) is 12.8 Å². The van der Waals surface area contributed by atoms with Gasteiger partial charge >= 0.3 is 0 Å². The highest BCUT2D eigenvalue weighted by molar-refractivity contribution is 7.07. The molecule has 0 saturated carbocycles. The van der Waals surface area contributed by atoms with Crippen LogP contribution < -0.4 is 5.32 Å². The zero-order valence-corrected chi connectivity index (χ0v) is 12.0. The maximum absolute atomic E-state index is 12.0. The second-order valence-corrected chi connectivity index (χ2v) is 6.07. The van der Waals surface area contributed by atoms with Gasteiger partial charge in [0.25, 0.3) is 5.91 Å². The van der Waals surface area contributed by atoms with E-state index in [1.165, 1.54) is 11.3 Å². The molecule has 1 aromatic heterocycles. The molecule has 0 aliphatic carbocycles. The second kappa shape index (κ2) is 6.17. The number of thiazole rings is 1. The summed E-state index contributed by atoms with van der Waals surface area (Å²) in [5, 5.41) is 13.8. The van der Waals surface area contributed by atoms with Gasteiger partial charge in [0.1, 0.15) is 5.69 Å². The van der Waals surface area contributed by atoms with Gasteiger partial charge in [-0.15, -0.1) is 11.3 Å². The van der Waals surface area contributed by atoms with Crippen LogP contribution in [0.1, 0.15) is 23.3 Å². The topological polar surface area (TPSA) is 74.7 Å². The van der Waals surface area contributed by atoms with Gasteiger partial charge in [-0.25, -0.2) is 4.98 Å². The molecule has 7 heteroatoms. The first-order valence-corrected chi connectivity index (χ1v) is 7.86. The number of aromatic nitrogens is 1. The summed E-state index contributed by atoms with van der Waals surface area (Å²) in [5.41, 5.74) is 2.16. The van der Waals surface area contributed by atoms with Crippen molar-refractivity contribution in [3.05, 3.63) is 16.6 Å². The predicted octanol–water partition coefficient (Wildman–Crippen LogP) is 0.0970. The van der Waals surface area contributed by atoms with Crippen LogP contribution in [0.4, 0.5) is 0 Å². The quantitative estimate of drug-likeness (QED) is 0.824. The van der Waals surface area contributed by atoms with Crippen LogP contribution in [0.15, 0.2) is 10.9 Å². The number of aliphatic hydroxyl groups excluding tert-OH is 1.